The number of halogens is 3. The van der Waals surface area contributed by atoms with Gasteiger partial charge in [0.05, 0.1) is 11.3 Å². The summed E-state index contributed by atoms with van der Waals surface area (Å²) in [7, 11) is 1.97. The molecular formula is C23H24F3N5. The van der Waals surface area contributed by atoms with Gasteiger partial charge >= 0.3 is 6.18 Å². The number of nitrogens with one attached hydrogen (secondary N) is 1. The molecule has 0 aliphatic carbocycles. The zero-order chi connectivity index (χ0) is 22.0. The fourth-order valence-corrected chi connectivity index (χ4v) is 3.68. The predicted molar refractivity (Wildman–Crippen MR) is 117 cm³/mol. The standard InChI is InChI=1S/C23H24F3N5/c1-16-4-3-5-17(14-16)20-8-9-27-22(29-20)28-18-6-7-21(19(15-18)23(24,25)26)31-12-10-30(2)11-13-31/h3-9,14-15H,10-13H2,1-2H3,(H,27,28,29). The van der Waals surface area contributed by atoms with E-state index in [1.807, 2.05) is 38.2 Å². The highest BCUT2D eigenvalue weighted by Crippen LogP contribution is 2.39. The van der Waals surface area contributed by atoms with E-state index >= 15 is 0 Å². The van der Waals surface area contributed by atoms with Crippen LogP contribution in [0.25, 0.3) is 11.3 Å². The van der Waals surface area contributed by atoms with Crippen LogP contribution in [-0.4, -0.2) is 48.1 Å². The molecule has 5 nitrogen and oxygen atoms in total. The topological polar surface area (TPSA) is 44.3 Å². The summed E-state index contributed by atoms with van der Waals surface area (Å²) in [5, 5.41) is 2.93. The molecule has 4 rings (SSSR count). The fourth-order valence-electron chi connectivity index (χ4n) is 3.68. The summed E-state index contributed by atoms with van der Waals surface area (Å²) in [6.45, 7) is 4.58. The van der Waals surface area contributed by atoms with E-state index in [0.717, 1.165) is 30.3 Å². The monoisotopic (exact) mass is 427 g/mol. The normalized spacial score (nSPS) is 15.2. The number of benzene rings is 2. The van der Waals surface area contributed by atoms with Crippen molar-refractivity contribution < 1.29 is 13.2 Å². The number of rotatable bonds is 4. The van der Waals surface area contributed by atoms with Gasteiger partial charge in [0, 0.05) is 49.3 Å². The van der Waals surface area contributed by atoms with E-state index in [2.05, 4.69) is 20.2 Å². The fraction of sp³-hybridized carbons (Fsp3) is 0.304. The minimum absolute atomic E-state index is 0.209. The second-order valence-electron chi connectivity index (χ2n) is 7.78. The summed E-state index contributed by atoms with van der Waals surface area (Å²) in [6.07, 6.45) is -2.86. The van der Waals surface area contributed by atoms with Gasteiger partial charge in [-0.15, -0.1) is 0 Å². The molecule has 0 saturated carbocycles. The first-order valence-electron chi connectivity index (χ1n) is 10.1. The molecule has 1 aliphatic heterocycles. The van der Waals surface area contributed by atoms with Crippen LogP contribution < -0.4 is 10.2 Å². The number of aryl methyl sites for hydroxylation is 1. The quantitative estimate of drug-likeness (QED) is 0.637. The third-order valence-corrected chi connectivity index (χ3v) is 5.37. The van der Waals surface area contributed by atoms with Crippen molar-refractivity contribution in [2.24, 2.45) is 0 Å². The van der Waals surface area contributed by atoms with Crippen LogP contribution in [0.4, 0.5) is 30.5 Å². The van der Waals surface area contributed by atoms with Crippen molar-refractivity contribution in [3.8, 4) is 11.3 Å². The van der Waals surface area contributed by atoms with Gasteiger partial charge in [-0.25, -0.2) is 9.97 Å². The van der Waals surface area contributed by atoms with Crippen LogP contribution in [0.1, 0.15) is 11.1 Å². The van der Waals surface area contributed by atoms with Gasteiger partial charge < -0.3 is 15.1 Å². The van der Waals surface area contributed by atoms with Crippen LogP contribution in [-0.2, 0) is 6.18 Å². The lowest BCUT2D eigenvalue weighted by atomic mass is 10.1. The van der Waals surface area contributed by atoms with E-state index in [-0.39, 0.29) is 11.6 Å². The first-order chi connectivity index (χ1) is 14.8. The lowest BCUT2D eigenvalue weighted by Gasteiger charge is -2.35. The van der Waals surface area contributed by atoms with Crippen LogP contribution in [0.2, 0.25) is 0 Å². The van der Waals surface area contributed by atoms with E-state index in [1.165, 1.54) is 6.07 Å². The Morgan fingerprint density at radius 1 is 0.968 bits per heavy atom. The second-order valence-corrected chi connectivity index (χ2v) is 7.78. The molecule has 0 atom stereocenters. The van der Waals surface area contributed by atoms with Gasteiger partial charge in [-0.2, -0.15) is 13.2 Å². The van der Waals surface area contributed by atoms with Crippen LogP contribution in [0.3, 0.4) is 0 Å². The van der Waals surface area contributed by atoms with Gasteiger partial charge in [0.15, 0.2) is 0 Å². The van der Waals surface area contributed by atoms with Gasteiger partial charge in [0.2, 0.25) is 5.95 Å². The Balaban J connectivity index is 1.61. The molecule has 1 N–H and O–H groups in total. The number of anilines is 3. The van der Waals surface area contributed by atoms with Crippen molar-refractivity contribution in [3.63, 3.8) is 0 Å². The van der Waals surface area contributed by atoms with Crippen molar-refractivity contribution in [1.82, 2.24) is 14.9 Å². The van der Waals surface area contributed by atoms with Gasteiger partial charge in [-0.3, -0.25) is 0 Å². The highest BCUT2D eigenvalue weighted by atomic mass is 19.4. The van der Waals surface area contributed by atoms with E-state index in [0.29, 0.717) is 24.5 Å². The maximum absolute atomic E-state index is 13.8. The summed E-state index contributed by atoms with van der Waals surface area (Å²) >= 11 is 0. The summed E-state index contributed by atoms with van der Waals surface area (Å²) in [6, 6.07) is 13.9. The summed E-state index contributed by atoms with van der Waals surface area (Å²) in [5.74, 6) is 0.250. The van der Waals surface area contributed by atoms with Gasteiger partial charge in [0.1, 0.15) is 0 Å². The van der Waals surface area contributed by atoms with Crippen molar-refractivity contribution in [2.75, 3.05) is 43.4 Å². The molecular weight excluding hydrogens is 403 g/mol. The van der Waals surface area contributed by atoms with Crippen LogP contribution in [0.15, 0.2) is 54.7 Å². The molecule has 0 bridgehead atoms. The van der Waals surface area contributed by atoms with Gasteiger partial charge in [-0.1, -0.05) is 23.8 Å². The average Bonchev–Trinajstić information content (AvgIpc) is 2.74. The molecule has 8 heteroatoms. The zero-order valence-electron chi connectivity index (χ0n) is 17.4. The Morgan fingerprint density at radius 3 is 2.45 bits per heavy atom. The Hall–Kier alpha value is -3.13. The Bertz CT molecular complexity index is 1060. The van der Waals surface area contributed by atoms with Gasteiger partial charge in [0.25, 0.3) is 0 Å². The van der Waals surface area contributed by atoms with E-state index in [1.54, 1.807) is 23.2 Å². The minimum atomic E-state index is -4.46. The third-order valence-electron chi connectivity index (χ3n) is 5.37. The molecule has 1 aromatic heterocycles. The van der Waals surface area contributed by atoms with Gasteiger partial charge in [-0.05, 0) is 44.3 Å². The number of alkyl halides is 3. The zero-order valence-corrected chi connectivity index (χ0v) is 17.4. The molecule has 3 aromatic rings. The first-order valence-corrected chi connectivity index (χ1v) is 10.1. The summed E-state index contributed by atoms with van der Waals surface area (Å²) in [4.78, 5) is 12.6. The lowest BCUT2D eigenvalue weighted by molar-refractivity contribution is -0.137. The number of nitrogens with zero attached hydrogens (tertiary/aromatic N) is 4. The largest absolute Gasteiger partial charge is 0.418 e. The first kappa shape index (κ1) is 21.1. The second kappa shape index (κ2) is 8.55. The highest BCUT2D eigenvalue weighted by molar-refractivity contribution is 5.66. The summed E-state index contributed by atoms with van der Waals surface area (Å²) in [5.41, 5.74) is 2.57. The molecule has 1 fully saturated rings. The molecule has 2 heterocycles. The molecule has 162 valence electrons. The molecule has 2 aromatic carbocycles. The SMILES string of the molecule is Cc1cccc(-c2ccnc(Nc3ccc(N4CCN(C)CC4)c(C(F)(F)F)c3)n2)c1. The predicted octanol–water partition coefficient (Wildman–Crippen LogP) is 4.97. The molecule has 0 spiro atoms. The van der Waals surface area contributed by atoms with Crippen molar-refractivity contribution in [3.05, 3.63) is 65.9 Å². The smallest absolute Gasteiger partial charge is 0.368 e. The highest BCUT2D eigenvalue weighted by Gasteiger charge is 2.35. The van der Waals surface area contributed by atoms with Crippen molar-refractivity contribution in [2.45, 2.75) is 13.1 Å². The molecule has 1 saturated heterocycles. The van der Waals surface area contributed by atoms with Crippen LogP contribution in [0.5, 0.6) is 0 Å². The Morgan fingerprint density at radius 2 is 1.74 bits per heavy atom. The van der Waals surface area contributed by atoms with E-state index in [9.17, 15) is 13.2 Å². The molecule has 1 aliphatic rings. The average molecular weight is 427 g/mol. The minimum Gasteiger partial charge on any atom is -0.368 e. The molecule has 0 unspecified atom stereocenters. The maximum atomic E-state index is 13.8. The number of hydrogen-bond donors (Lipinski definition) is 1. The van der Waals surface area contributed by atoms with Crippen molar-refractivity contribution >= 4 is 17.3 Å². The molecule has 0 radical (unpaired) electrons. The van der Waals surface area contributed by atoms with E-state index < -0.39 is 11.7 Å². The maximum Gasteiger partial charge on any atom is 0.418 e. The van der Waals surface area contributed by atoms with Crippen LogP contribution in [0, 0.1) is 6.92 Å². The van der Waals surface area contributed by atoms with Crippen molar-refractivity contribution in [1.29, 1.82) is 0 Å². The number of hydrogen-bond acceptors (Lipinski definition) is 5. The molecule has 0 amide bonds. The number of likely N-dealkylation sites (N-methyl/N-ethyl adjacent to an activating group) is 1. The Kier molecular flexibility index (Phi) is 5.82. The molecule has 31 heavy (non-hydrogen) atoms. The lowest BCUT2D eigenvalue weighted by Crippen LogP contribution is -2.45. The number of piperazine rings is 1. The van der Waals surface area contributed by atoms with E-state index in [4.69, 9.17) is 0 Å². The number of aromatic nitrogens is 2. The third kappa shape index (κ3) is 4.96. The van der Waals surface area contributed by atoms with Crippen LogP contribution >= 0.6 is 0 Å². The Labute approximate surface area is 179 Å². The summed E-state index contributed by atoms with van der Waals surface area (Å²) < 4.78 is 41.5.